The molecule has 4 heteroatoms. The Labute approximate surface area is 121 Å². The van der Waals surface area contributed by atoms with Gasteiger partial charge in [0.1, 0.15) is 0 Å². The Morgan fingerprint density at radius 1 is 1.06 bits per heavy atom. The largest absolute Gasteiger partial charge is 0.284 e. The van der Waals surface area contributed by atoms with Crippen molar-refractivity contribution in [1.29, 1.82) is 0 Å². The van der Waals surface area contributed by atoms with E-state index in [1.165, 1.54) is 24.4 Å². The van der Waals surface area contributed by atoms with Crippen LogP contribution in [0, 0.1) is 11.8 Å². The molecule has 1 aromatic carbocycles. The summed E-state index contributed by atoms with van der Waals surface area (Å²) in [5, 5.41) is 1.18. The molecule has 2 bridgehead atoms. The number of hydrogen-bond acceptors (Lipinski definition) is 0. The van der Waals surface area contributed by atoms with Crippen molar-refractivity contribution in [1.82, 2.24) is 0 Å². The van der Waals surface area contributed by atoms with Gasteiger partial charge in [0.25, 0.3) is 6.69 Å². The molecule has 0 amide bonds. The molecule has 0 aromatic heterocycles. The summed E-state index contributed by atoms with van der Waals surface area (Å²) in [6.07, 6.45) is 3.87. The van der Waals surface area contributed by atoms with E-state index in [0.29, 0.717) is 16.3 Å². The second kappa shape index (κ2) is 4.55. The van der Waals surface area contributed by atoms with Crippen LogP contribution in [0.15, 0.2) is 30.3 Å². The molecule has 17 heavy (non-hydrogen) atoms. The third-order valence-corrected chi connectivity index (χ3v) is 11.1. The van der Waals surface area contributed by atoms with Crippen molar-refractivity contribution in [3.8, 4) is 0 Å². The molecule has 0 saturated heterocycles. The second-order valence-electron chi connectivity index (χ2n) is 5.35. The highest BCUT2D eigenvalue weighted by Gasteiger charge is 2.55. The van der Waals surface area contributed by atoms with Crippen LogP contribution in [0.1, 0.15) is 19.3 Å². The quantitative estimate of drug-likeness (QED) is 0.422. The lowest BCUT2D eigenvalue weighted by Gasteiger charge is -2.33. The van der Waals surface area contributed by atoms with Crippen molar-refractivity contribution in [2.75, 3.05) is 0 Å². The summed E-state index contributed by atoms with van der Waals surface area (Å²) < 4.78 is 0. The minimum atomic E-state index is -2.33. The molecule has 0 aliphatic heterocycles. The van der Waals surface area contributed by atoms with E-state index in [9.17, 15) is 0 Å². The first-order chi connectivity index (χ1) is 8.09. The van der Waals surface area contributed by atoms with Crippen LogP contribution in [0.3, 0.4) is 0 Å². The summed E-state index contributed by atoms with van der Waals surface area (Å²) >= 11 is 17.4. The van der Waals surface area contributed by atoms with E-state index in [0.717, 1.165) is 5.92 Å². The van der Waals surface area contributed by atoms with Gasteiger partial charge in [0.2, 0.25) is 0 Å². The Morgan fingerprint density at radius 2 is 1.76 bits per heavy atom. The van der Waals surface area contributed by atoms with Crippen molar-refractivity contribution >= 4 is 50.0 Å². The molecular weight excluding hydrogens is 335 g/mol. The molecular formula is C13H15BrCl2Si. The third kappa shape index (κ3) is 2.11. The van der Waals surface area contributed by atoms with E-state index in [1.54, 1.807) is 0 Å². The van der Waals surface area contributed by atoms with Crippen LogP contribution in [0.5, 0.6) is 0 Å². The molecule has 2 saturated carbocycles. The highest BCUT2D eigenvalue weighted by Crippen LogP contribution is 2.58. The first-order valence-corrected chi connectivity index (χ1v) is 11.2. The average molecular weight is 350 g/mol. The van der Waals surface area contributed by atoms with Crippen molar-refractivity contribution in [3.05, 3.63) is 30.3 Å². The molecule has 2 aliphatic rings. The molecule has 2 fully saturated rings. The molecule has 0 unspecified atom stereocenters. The van der Waals surface area contributed by atoms with Gasteiger partial charge >= 0.3 is 0 Å². The molecule has 2 aliphatic carbocycles. The maximum Gasteiger partial charge on any atom is 0.284 e. The molecule has 92 valence electrons. The summed E-state index contributed by atoms with van der Waals surface area (Å²) in [6, 6.07) is 10.3. The van der Waals surface area contributed by atoms with E-state index in [2.05, 4.69) is 28.1 Å². The smallest absolute Gasteiger partial charge is 0.139 e. The standard InChI is InChI=1S/C13H15BrCl2Si/c14-12-7-9-6-11(12)13(8-9)17(15,16)10-4-2-1-3-5-10/h1-5,9,11-13H,6-8H2/t9-,11+,12+,13-/m1/s1. The number of hydrogen-bond donors (Lipinski definition) is 0. The molecule has 1 aromatic rings. The fourth-order valence-electron chi connectivity index (χ4n) is 3.56. The lowest BCUT2D eigenvalue weighted by molar-refractivity contribution is 0.492. The Hall–Kier alpha value is 0.497. The Balaban J connectivity index is 1.89. The third-order valence-electron chi connectivity index (χ3n) is 4.36. The summed E-state index contributed by atoms with van der Waals surface area (Å²) in [5.74, 6) is 1.55. The van der Waals surface area contributed by atoms with Gasteiger partial charge in [0, 0.05) is 4.83 Å². The van der Waals surface area contributed by atoms with Crippen LogP contribution >= 0.6 is 38.1 Å². The zero-order valence-electron chi connectivity index (χ0n) is 9.45. The van der Waals surface area contributed by atoms with Crippen LogP contribution in [0.2, 0.25) is 5.54 Å². The van der Waals surface area contributed by atoms with Crippen molar-refractivity contribution in [2.24, 2.45) is 11.8 Å². The average Bonchev–Trinajstić information content (AvgIpc) is 2.89. The monoisotopic (exact) mass is 348 g/mol. The van der Waals surface area contributed by atoms with Crippen molar-refractivity contribution in [2.45, 2.75) is 29.6 Å². The first-order valence-electron chi connectivity index (χ1n) is 6.16. The van der Waals surface area contributed by atoms with Crippen molar-refractivity contribution in [3.63, 3.8) is 0 Å². The maximum atomic E-state index is 6.81. The van der Waals surface area contributed by atoms with Gasteiger partial charge in [0.15, 0.2) is 0 Å². The van der Waals surface area contributed by atoms with E-state index >= 15 is 0 Å². The SMILES string of the molecule is Cl[Si](Cl)(c1ccccc1)[C@@H]1C[C@@H]2C[C@H]1[C@@H](Br)C2. The molecule has 0 radical (unpaired) electrons. The van der Waals surface area contributed by atoms with Gasteiger partial charge in [-0.3, -0.25) is 0 Å². The van der Waals surface area contributed by atoms with Crippen molar-refractivity contribution < 1.29 is 0 Å². The van der Waals surface area contributed by atoms with Gasteiger partial charge in [0.05, 0.1) is 0 Å². The van der Waals surface area contributed by atoms with E-state index < -0.39 is 6.69 Å². The number of fused-ring (bicyclic) bond motifs is 2. The molecule has 4 atom stereocenters. The number of halogens is 3. The minimum Gasteiger partial charge on any atom is -0.139 e. The molecule has 0 heterocycles. The highest BCUT2D eigenvalue weighted by molar-refractivity contribution is 9.09. The Kier molecular flexibility index (Phi) is 3.36. The first kappa shape index (κ1) is 12.5. The Morgan fingerprint density at radius 3 is 2.35 bits per heavy atom. The number of alkyl halides is 1. The molecule has 0 spiro atoms. The summed E-state index contributed by atoms with van der Waals surface area (Å²) in [6.45, 7) is -2.33. The Bertz CT molecular complexity index is 409. The molecule has 0 N–H and O–H groups in total. The fraction of sp³-hybridized carbons (Fsp3) is 0.538. The van der Waals surface area contributed by atoms with Gasteiger partial charge in [-0.15, -0.1) is 22.2 Å². The van der Waals surface area contributed by atoms with Gasteiger partial charge in [-0.2, -0.15) is 0 Å². The van der Waals surface area contributed by atoms with Crippen LogP contribution in [-0.2, 0) is 0 Å². The highest BCUT2D eigenvalue weighted by atomic mass is 79.9. The topological polar surface area (TPSA) is 0 Å². The normalized spacial score (nSPS) is 36.4. The summed E-state index contributed by atoms with van der Waals surface area (Å²) in [4.78, 5) is 0.638. The van der Waals surface area contributed by atoms with Gasteiger partial charge < -0.3 is 0 Å². The number of benzene rings is 1. The van der Waals surface area contributed by atoms with Crippen LogP contribution in [-0.4, -0.2) is 11.5 Å². The summed E-state index contributed by atoms with van der Waals surface area (Å²) in [7, 11) is 0. The van der Waals surface area contributed by atoms with Crippen LogP contribution in [0.4, 0.5) is 0 Å². The zero-order valence-corrected chi connectivity index (χ0v) is 13.5. The minimum absolute atomic E-state index is 0.524. The van der Waals surface area contributed by atoms with Gasteiger partial charge in [-0.05, 0) is 41.8 Å². The van der Waals surface area contributed by atoms with Crippen LogP contribution in [0.25, 0.3) is 0 Å². The van der Waals surface area contributed by atoms with E-state index in [4.69, 9.17) is 22.2 Å². The second-order valence-corrected chi connectivity index (χ2v) is 13.2. The lowest BCUT2D eigenvalue weighted by atomic mass is 10.00. The van der Waals surface area contributed by atoms with Gasteiger partial charge in [-0.1, -0.05) is 46.3 Å². The van der Waals surface area contributed by atoms with Gasteiger partial charge in [-0.25, -0.2) is 0 Å². The zero-order chi connectivity index (χ0) is 12.0. The fourth-order valence-corrected chi connectivity index (χ4v) is 9.81. The number of rotatable bonds is 2. The summed E-state index contributed by atoms with van der Waals surface area (Å²) in [5.41, 5.74) is 0.524. The predicted octanol–water partition coefficient (Wildman–Crippen LogP) is 4.38. The molecule has 3 rings (SSSR count). The van der Waals surface area contributed by atoms with Crippen LogP contribution < -0.4 is 5.19 Å². The molecule has 0 nitrogen and oxygen atoms in total. The maximum absolute atomic E-state index is 6.81. The van der Waals surface area contributed by atoms with E-state index in [1.807, 2.05) is 18.2 Å². The predicted molar refractivity (Wildman–Crippen MR) is 80.8 cm³/mol. The lowest BCUT2D eigenvalue weighted by Crippen LogP contribution is -2.44. The van der Waals surface area contributed by atoms with E-state index in [-0.39, 0.29) is 0 Å².